The number of fused-ring (bicyclic) bond motifs is 1. The molecule has 1 heterocycles. The van der Waals surface area contributed by atoms with Crippen LogP contribution in [-0.2, 0) is 22.2 Å². The highest BCUT2D eigenvalue weighted by molar-refractivity contribution is 5.94. The first kappa shape index (κ1) is 23.8. The number of rotatable bonds is 8. The second kappa shape index (κ2) is 10.2. The second-order valence-electron chi connectivity index (χ2n) is 7.44. The molecule has 0 radical (unpaired) electrons. The lowest BCUT2D eigenvalue weighted by atomic mass is 10.0. The smallest absolute Gasteiger partial charge is 0.361 e. The standard InChI is InChI=1S/C23H23F3N4O3/c1-14(31)30-20(12-16-13-29-19-5-3-2-4-18(16)19)22(33)28-11-10-27-21(32)15-6-8-17(9-7-15)23(24,25)26/h2-9,13,20,29H,10-12H2,1H3,(H,27,32)(H,28,33)(H,30,31). The summed E-state index contributed by atoms with van der Waals surface area (Å²) in [6.07, 6.45) is -2.42. The average molecular weight is 460 g/mol. The summed E-state index contributed by atoms with van der Waals surface area (Å²) >= 11 is 0. The van der Waals surface area contributed by atoms with Gasteiger partial charge in [0.2, 0.25) is 11.8 Å². The highest BCUT2D eigenvalue weighted by atomic mass is 19.4. The van der Waals surface area contributed by atoms with Crippen molar-refractivity contribution in [1.29, 1.82) is 0 Å². The maximum atomic E-state index is 12.6. The Kier molecular flexibility index (Phi) is 7.37. The molecule has 10 heteroatoms. The first-order valence-corrected chi connectivity index (χ1v) is 10.2. The molecule has 0 spiro atoms. The predicted octanol–water partition coefficient (Wildman–Crippen LogP) is 2.78. The van der Waals surface area contributed by atoms with E-state index in [-0.39, 0.29) is 31.0 Å². The fraction of sp³-hybridized carbons (Fsp3) is 0.261. The van der Waals surface area contributed by atoms with E-state index in [1.54, 1.807) is 6.20 Å². The van der Waals surface area contributed by atoms with E-state index in [9.17, 15) is 27.6 Å². The lowest BCUT2D eigenvalue weighted by Crippen LogP contribution is -2.48. The van der Waals surface area contributed by atoms with Crippen LogP contribution in [0.5, 0.6) is 0 Å². The third-order valence-corrected chi connectivity index (χ3v) is 4.98. The van der Waals surface area contributed by atoms with Crippen LogP contribution < -0.4 is 16.0 Å². The number of amides is 3. The maximum Gasteiger partial charge on any atom is 0.416 e. The highest BCUT2D eigenvalue weighted by Crippen LogP contribution is 2.29. The van der Waals surface area contributed by atoms with Gasteiger partial charge in [-0.05, 0) is 35.9 Å². The van der Waals surface area contributed by atoms with Crippen LogP contribution in [0, 0.1) is 0 Å². The van der Waals surface area contributed by atoms with Gasteiger partial charge < -0.3 is 20.9 Å². The Balaban J connectivity index is 1.52. The number of benzene rings is 2. The van der Waals surface area contributed by atoms with E-state index in [4.69, 9.17) is 0 Å². The molecule has 0 bridgehead atoms. The minimum atomic E-state index is -4.48. The number of para-hydroxylation sites is 1. The first-order chi connectivity index (χ1) is 15.6. The van der Waals surface area contributed by atoms with Gasteiger partial charge in [0.05, 0.1) is 5.56 Å². The molecule has 33 heavy (non-hydrogen) atoms. The predicted molar refractivity (Wildman–Crippen MR) is 116 cm³/mol. The van der Waals surface area contributed by atoms with Crippen molar-refractivity contribution < 1.29 is 27.6 Å². The zero-order valence-electron chi connectivity index (χ0n) is 17.8. The van der Waals surface area contributed by atoms with E-state index >= 15 is 0 Å². The Hall–Kier alpha value is -3.82. The third kappa shape index (κ3) is 6.34. The number of H-pyrrole nitrogens is 1. The number of halogens is 3. The molecule has 0 saturated heterocycles. The van der Waals surface area contributed by atoms with Crippen LogP contribution in [0.4, 0.5) is 13.2 Å². The number of hydrogen-bond acceptors (Lipinski definition) is 3. The van der Waals surface area contributed by atoms with Gasteiger partial charge in [0.25, 0.3) is 5.91 Å². The number of carbonyl (C=O) groups is 3. The highest BCUT2D eigenvalue weighted by Gasteiger charge is 2.30. The fourth-order valence-electron chi connectivity index (χ4n) is 3.37. The molecule has 1 atom stereocenters. The lowest BCUT2D eigenvalue weighted by molar-refractivity contribution is -0.137. The van der Waals surface area contributed by atoms with Crippen molar-refractivity contribution >= 4 is 28.6 Å². The van der Waals surface area contributed by atoms with Gasteiger partial charge in [-0.1, -0.05) is 18.2 Å². The summed E-state index contributed by atoms with van der Waals surface area (Å²) in [6.45, 7) is 1.46. The molecular weight excluding hydrogens is 437 g/mol. The summed E-state index contributed by atoms with van der Waals surface area (Å²) < 4.78 is 37.8. The van der Waals surface area contributed by atoms with E-state index < -0.39 is 29.6 Å². The minimum Gasteiger partial charge on any atom is -0.361 e. The maximum absolute atomic E-state index is 12.6. The van der Waals surface area contributed by atoms with Gasteiger partial charge in [0.1, 0.15) is 6.04 Å². The molecule has 7 nitrogen and oxygen atoms in total. The largest absolute Gasteiger partial charge is 0.416 e. The second-order valence-corrected chi connectivity index (χ2v) is 7.44. The Morgan fingerprint density at radius 1 is 0.970 bits per heavy atom. The quantitative estimate of drug-likeness (QED) is 0.389. The van der Waals surface area contributed by atoms with Gasteiger partial charge in [0.15, 0.2) is 0 Å². The fourth-order valence-corrected chi connectivity index (χ4v) is 3.37. The van der Waals surface area contributed by atoms with Crippen LogP contribution in [0.25, 0.3) is 10.9 Å². The summed E-state index contributed by atoms with van der Waals surface area (Å²) in [5.41, 5.74) is 1.02. The molecule has 174 valence electrons. The summed E-state index contributed by atoms with van der Waals surface area (Å²) in [7, 11) is 0. The number of aromatic nitrogens is 1. The van der Waals surface area contributed by atoms with Crippen LogP contribution in [-0.4, -0.2) is 41.8 Å². The van der Waals surface area contributed by atoms with Crippen molar-refractivity contribution in [3.63, 3.8) is 0 Å². The number of alkyl halides is 3. The Bertz CT molecular complexity index is 1140. The Morgan fingerprint density at radius 3 is 2.30 bits per heavy atom. The van der Waals surface area contributed by atoms with Crippen molar-refractivity contribution in [2.75, 3.05) is 13.1 Å². The van der Waals surface area contributed by atoms with Crippen molar-refractivity contribution in [2.24, 2.45) is 0 Å². The SMILES string of the molecule is CC(=O)NC(Cc1c[nH]c2ccccc12)C(=O)NCCNC(=O)c1ccc(C(F)(F)F)cc1. The molecule has 0 aliphatic carbocycles. The van der Waals surface area contributed by atoms with Gasteiger partial charge in [-0.3, -0.25) is 14.4 Å². The summed E-state index contributed by atoms with van der Waals surface area (Å²) in [6, 6.07) is 10.6. The Morgan fingerprint density at radius 2 is 1.64 bits per heavy atom. The number of carbonyl (C=O) groups excluding carboxylic acids is 3. The molecule has 3 amide bonds. The summed E-state index contributed by atoms with van der Waals surface area (Å²) in [4.78, 5) is 39.4. The lowest BCUT2D eigenvalue weighted by Gasteiger charge is -2.17. The van der Waals surface area contributed by atoms with E-state index in [1.807, 2.05) is 24.3 Å². The van der Waals surface area contributed by atoms with Crippen LogP contribution >= 0.6 is 0 Å². The van der Waals surface area contributed by atoms with Gasteiger partial charge in [-0.25, -0.2) is 0 Å². The van der Waals surface area contributed by atoms with E-state index in [0.717, 1.165) is 40.7 Å². The zero-order chi connectivity index (χ0) is 24.0. The monoisotopic (exact) mass is 460 g/mol. The average Bonchev–Trinajstić information content (AvgIpc) is 3.18. The van der Waals surface area contributed by atoms with Crippen LogP contribution in [0.3, 0.4) is 0 Å². The molecule has 0 aliphatic rings. The number of nitrogens with one attached hydrogen (secondary N) is 4. The summed E-state index contributed by atoms with van der Waals surface area (Å²) in [5, 5.41) is 8.77. The zero-order valence-corrected chi connectivity index (χ0v) is 17.8. The summed E-state index contributed by atoms with van der Waals surface area (Å²) in [5.74, 6) is -1.33. The molecule has 2 aromatic carbocycles. The van der Waals surface area contributed by atoms with Gasteiger partial charge in [0, 0.05) is 49.1 Å². The van der Waals surface area contributed by atoms with Crippen molar-refractivity contribution in [3.8, 4) is 0 Å². The topological polar surface area (TPSA) is 103 Å². The van der Waals surface area contributed by atoms with Crippen molar-refractivity contribution in [1.82, 2.24) is 20.9 Å². The van der Waals surface area contributed by atoms with Crippen LogP contribution in [0.2, 0.25) is 0 Å². The van der Waals surface area contributed by atoms with Crippen molar-refractivity contribution in [3.05, 3.63) is 71.4 Å². The van der Waals surface area contributed by atoms with E-state index in [2.05, 4.69) is 20.9 Å². The molecular formula is C23H23F3N4O3. The molecule has 1 unspecified atom stereocenters. The van der Waals surface area contributed by atoms with E-state index in [0.29, 0.717) is 0 Å². The van der Waals surface area contributed by atoms with Gasteiger partial charge >= 0.3 is 6.18 Å². The minimum absolute atomic E-state index is 0.0610. The number of hydrogen-bond donors (Lipinski definition) is 4. The molecule has 0 saturated carbocycles. The van der Waals surface area contributed by atoms with Crippen LogP contribution in [0.1, 0.15) is 28.4 Å². The molecule has 0 fully saturated rings. The number of aromatic amines is 1. The van der Waals surface area contributed by atoms with Gasteiger partial charge in [-0.2, -0.15) is 13.2 Å². The molecule has 1 aromatic heterocycles. The van der Waals surface area contributed by atoms with E-state index in [1.165, 1.54) is 6.92 Å². The van der Waals surface area contributed by atoms with Crippen LogP contribution in [0.15, 0.2) is 54.7 Å². The molecule has 3 aromatic rings. The Labute approximate surface area is 187 Å². The normalized spacial score (nSPS) is 12.2. The molecule has 3 rings (SSSR count). The first-order valence-electron chi connectivity index (χ1n) is 10.2. The molecule has 4 N–H and O–H groups in total. The molecule has 0 aliphatic heterocycles. The third-order valence-electron chi connectivity index (χ3n) is 4.98. The van der Waals surface area contributed by atoms with Gasteiger partial charge in [-0.15, -0.1) is 0 Å². The van der Waals surface area contributed by atoms with Crippen molar-refractivity contribution in [2.45, 2.75) is 25.6 Å².